The third kappa shape index (κ3) is 3.52. The number of rotatable bonds is 5. The van der Waals surface area contributed by atoms with Gasteiger partial charge in [-0.05, 0) is 61.3 Å². The van der Waals surface area contributed by atoms with E-state index in [4.69, 9.17) is 5.84 Å². The standard InChI is InChI=1S/C19H24N2/c1-14-5-7-15(8-6-14)12-19(21-20)13-16-9-10-17-3-2-4-18(17)11-16/h5-11,19,21H,2-4,12-13,20H2,1H3. The zero-order valence-corrected chi connectivity index (χ0v) is 12.7. The normalized spacial score (nSPS) is 15.0. The number of nitrogens with one attached hydrogen (secondary N) is 1. The van der Waals surface area contributed by atoms with Gasteiger partial charge in [0.15, 0.2) is 0 Å². The van der Waals surface area contributed by atoms with E-state index in [1.54, 1.807) is 5.56 Å². The van der Waals surface area contributed by atoms with Gasteiger partial charge in [-0.15, -0.1) is 0 Å². The maximum Gasteiger partial charge on any atom is 0.0291 e. The lowest BCUT2D eigenvalue weighted by molar-refractivity contribution is 0.522. The van der Waals surface area contributed by atoms with E-state index in [1.165, 1.54) is 41.5 Å². The number of nitrogens with two attached hydrogens (primary N) is 1. The number of benzene rings is 2. The van der Waals surface area contributed by atoms with Gasteiger partial charge in [0.25, 0.3) is 0 Å². The van der Waals surface area contributed by atoms with Crippen LogP contribution < -0.4 is 11.3 Å². The monoisotopic (exact) mass is 280 g/mol. The number of hydrogen-bond acceptors (Lipinski definition) is 2. The van der Waals surface area contributed by atoms with Crippen LogP contribution >= 0.6 is 0 Å². The van der Waals surface area contributed by atoms with E-state index in [-0.39, 0.29) is 6.04 Å². The average molecular weight is 280 g/mol. The maximum atomic E-state index is 5.76. The molecule has 2 aromatic carbocycles. The highest BCUT2D eigenvalue weighted by Crippen LogP contribution is 2.23. The van der Waals surface area contributed by atoms with Crippen LogP contribution in [0.1, 0.15) is 34.2 Å². The Hall–Kier alpha value is -1.64. The fourth-order valence-corrected chi connectivity index (χ4v) is 3.24. The van der Waals surface area contributed by atoms with E-state index < -0.39 is 0 Å². The molecule has 0 fully saturated rings. The second kappa shape index (κ2) is 6.42. The molecule has 0 saturated heterocycles. The molecular formula is C19H24N2. The van der Waals surface area contributed by atoms with E-state index in [0.717, 1.165) is 12.8 Å². The second-order valence-electron chi connectivity index (χ2n) is 6.21. The highest BCUT2D eigenvalue weighted by atomic mass is 15.2. The van der Waals surface area contributed by atoms with Crippen molar-refractivity contribution >= 4 is 0 Å². The Bertz CT molecular complexity index is 601. The quantitative estimate of drug-likeness (QED) is 0.652. The summed E-state index contributed by atoms with van der Waals surface area (Å²) in [5.74, 6) is 5.76. The first-order valence-corrected chi connectivity index (χ1v) is 7.87. The molecule has 0 aliphatic heterocycles. The number of hydrazine groups is 1. The Kier molecular flexibility index (Phi) is 4.37. The molecule has 3 rings (SSSR count). The molecule has 1 aliphatic rings. The number of hydrogen-bond donors (Lipinski definition) is 2. The van der Waals surface area contributed by atoms with Gasteiger partial charge in [0.1, 0.15) is 0 Å². The van der Waals surface area contributed by atoms with Crippen molar-refractivity contribution in [1.82, 2.24) is 5.43 Å². The predicted molar refractivity (Wildman–Crippen MR) is 88.2 cm³/mol. The van der Waals surface area contributed by atoms with Gasteiger partial charge in [-0.25, -0.2) is 0 Å². The Morgan fingerprint density at radius 1 is 0.952 bits per heavy atom. The van der Waals surface area contributed by atoms with Crippen molar-refractivity contribution in [2.45, 2.75) is 45.1 Å². The zero-order chi connectivity index (χ0) is 14.7. The first kappa shape index (κ1) is 14.3. The van der Waals surface area contributed by atoms with Crippen molar-refractivity contribution in [2.24, 2.45) is 5.84 Å². The van der Waals surface area contributed by atoms with E-state index in [1.807, 2.05) is 0 Å². The van der Waals surface area contributed by atoms with Crippen molar-refractivity contribution in [3.63, 3.8) is 0 Å². The molecule has 0 saturated carbocycles. The molecule has 0 aromatic heterocycles. The van der Waals surface area contributed by atoms with Gasteiger partial charge in [0.2, 0.25) is 0 Å². The lowest BCUT2D eigenvalue weighted by Crippen LogP contribution is -2.38. The van der Waals surface area contributed by atoms with Gasteiger partial charge >= 0.3 is 0 Å². The molecule has 0 amide bonds. The van der Waals surface area contributed by atoms with Crippen molar-refractivity contribution in [1.29, 1.82) is 0 Å². The molecule has 0 heterocycles. The minimum absolute atomic E-state index is 0.284. The molecule has 1 unspecified atom stereocenters. The van der Waals surface area contributed by atoms with E-state index in [2.05, 4.69) is 54.8 Å². The molecule has 2 nitrogen and oxygen atoms in total. The van der Waals surface area contributed by atoms with Crippen LogP contribution in [-0.2, 0) is 25.7 Å². The van der Waals surface area contributed by atoms with Crippen LogP contribution in [0.3, 0.4) is 0 Å². The van der Waals surface area contributed by atoms with Gasteiger partial charge in [-0.2, -0.15) is 0 Å². The van der Waals surface area contributed by atoms with Crippen molar-refractivity contribution in [2.75, 3.05) is 0 Å². The van der Waals surface area contributed by atoms with Gasteiger partial charge in [-0.1, -0.05) is 48.0 Å². The van der Waals surface area contributed by atoms with Crippen LogP contribution in [-0.4, -0.2) is 6.04 Å². The SMILES string of the molecule is Cc1ccc(CC(Cc2ccc3c(c2)CCC3)NN)cc1. The minimum atomic E-state index is 0.284. The Morgan fingerprint density at radius 3 is 2.38 bits per heavy atom. The topological polar surface area (TPSA) is 38.0 Å². The highest BCUT2D eigenvalue weighted by molar-refractivity contribution is 5.35. The van der Waals surface area contributed by atoms with Crippen LogP contribution in [0.4, 0.5) is 0 Å². The molecule has 0 radical (unpaired) electrons. The molecule has 3 N–H and O–H groups in total. The van der Waals surface area contributed by atoms with Crippen LogP contribution in [0.25, 0.3) is 0 Å². The number of aryl methyl sites for hydroxylation is 3. The maximum absolute atomic E-state index is 5.76. The van der Waals surface area contributed by atoms with Crippen molar-refractivity contribution in [3.05, 3.63) is 70.3 Å². The van der Waals surface area contributed by atoms with Crippen LogP contribution in [0.15, 0.2) is 42.5 Å². The van der Waals surface area contributed by atoms with Crippen LogP contribution in [0.5, 0.6) is 0 Å². The first-order chi connectivity index (χ1) is 10.2. The molecule has 1 aliphatic carbocycles. The van der Waals surface area contributed by atoms with Gasteiger partial charge < -0.3 is 0 Å². The predicted octanol–water partition coefficient (Wildman–Crippen LogP) is 3.10. The third-order valence-electron chi connectivity index (χ3n) is 4.48. The highest BCUT2D eigenvalue weighted by Gasteiger charge is 2.13. The zero-order valence-electron chi connectivity index (χ0n) is 12.7. The lowest BCUT2D eigenvalue weighted by atomic mass is 9.97. The fourth-order valence-electron chi connectivity index (χ4n) is 3.24. The van der Waals surface area contributed by atoms with E-state index in [0.29, 0.717) is 0 Å². The summed E-state index contributed by atoms with van der Waals surface area (Å²) in [4.78, 5) is 0. The van der Waals surface area contributed by atoms with Gasteiger partial charge in [-0.3, -0.25) is 11.3 Å². The smallest absolute Gasteiger partial charge is 0.0291 e. The van der Waals surface area contributed by atoms with Crippen molar-refractivity contribution < 1.29 is 0 Å². The molecular weight excluding hydrogens is 256 g/mol. The van der Waals surface area contributed by atoms with Gasteiger partial charge in [0, 0.05) is 6.04 Å². The fraction of sp³-hybridized carbons (Fsp3) is 0.368. The summed E-state index contributed by atoms with van der Waals surface area (Å²) >= 11 is 0. The molecule has 110 valence electrons. The molecule has 21 heavy (non-hydrogen) atoms. The summed E-state index contributed by atoms with van der Waals surface area (Å²) in [5, 5.41) is 0. The molecule has 0 spiro atoms. The van der Waals surface area contributed by atoms with Gasteiger partial charge in [0.05, 0.1) is 0 Å². The first-order valence-electron chi connectivity index (χ1n) is 7.87. The van der Waals surface area contributed by atoms with Crippen molar-refractivity contribution in [3.8, 4) is 0 Å². The number of fused-ring (bicyclic) bond motifs is 1. The summed E-state index contributed by atoms with van der Waals surface area (Å²) in [6.45, 7) is 2.12. The minimum Gasteiger partial charge on any atom is -0.271 e. The average Bonchev–Trinajstić information content (AvgIpc) is 2.96. The molecule has 1 atom stereocenters. The molecule has 2 heteroatoms. The summed E-state index contributed by atoms with van der Waals surface area (Å²) in [6.07, 6.45) is 5.74. The molecule has 2 aromatic rings. The summed E-state index contributed by atoms with van der Waals surface area (Å²) in [7, 11) is 0. The Labute approximate surface area is 127 Å². The van der Waals surface area contributed by atoms with Crippen LogP contribution in [0.2, 0.25) is 0 Å². The summed E-state index contributed by atoms with van der Waals surface area (Å²) in [5.41, 5.74) is 10.1. The van der Waals surface area contributed by atoms with E-state index >= 15 is 0 Å². The lowest BCUT2D eigenvalue weighted by Gasteiger charge is -2.17. The summed E-state index contributed by atoms with van der Waals surface area (Å²) in [6, 6.07) is 16.0. The summed E-state index contributed by atoms with van der Waals surface area (Å²) < 4.78 is 0. The Morgan fingerprint density at radius 2 is 1.62 bits per heavy atom. The Balaban J connectivity index is 1.68. The van der Waals surface area contributed by atoms with E-state index in [9.17, 15) is 0 Å². The van der Waals surface area contributed by atoms with Crippen LogP contribution in [0, 0.1) is 6.92 Å². The second-order valence-corrected chi connectivity index (χ2v) is 6.21. The third-order valence-corrected chi connectivity index (χ3v) is 4.48. The largest absolute Gasteiger partial charge is 0.271 e. The molecule has 0 bridgehead atoms.